The molecule has 2 N–H and O–H groups in total. The summed E-state index contributed by atoms with van der Waals surface area (Å²) in [4.78, 5) is 11.6. The van der Waals surface area contributed by atoms with Gasteiger partial charge in [-0.05, 0) is 25.5 Å². The van der Waals surface area contributed by atoms with Gasteiger partial charge >= 0.3 is 0 Å². The molecule has 0 saturated carbocycles. The van der Waals surface area contributed by atoms with Gasteiger partial charge in [0.2, 0.25) is 5.91 Å². The van der Waals surface area contributed by atoms with Gasteiger partial charge in [-0.15, -0.1) is 0 Å². The van der Waals surface area contributed by atoms with E-state index >= 15 is 0 Å². The van der Waals surface area contributed by atoms with Crippen molar-refractivity contribution in [1.82, 2.24) is 5.32 Å². The van der Waals surface area contributed by atoms with Crippen LogP contribution in [0.3, 0.4) is 0 Å². The Balaban J connectivity index is 2.66. The number of nitrogens with one attached hydrogen (secondary N) is 2. The quantitative estimate of drug-likeness (QED) is 0.839. The lowest BCUT2D eigenvalue weighted by molar-refractivity contribution is -0.115. The monoisotopic (exact) mass is 249 g/mol. The fourth-order valence-corrected chi connectivity index (χ4v) is 1.35. The number of amides is 1. The van der Waals surface area contributed by atoms with E-state index < -0.39 is 5.82 Å². The minimum absolute atomic E-state index is 0.135. The molecule has 0 heterocycles. The van der Waals surface area contributed by atoms with E-state index in [1.54, 1.807) is 6.07 Å². The molecule has 1 aromatic carbocycles. The summed E-state index contributed by atoms with van der Waals surface area (Å²) in [6.45, 7) is 4.11. The molecular weight excluding hydrogens is 233 g/mol. The van der Waals surface area contributed by atoms with Crippen LogP contribution in [0.2, 0.25) is 0 Å². The second-order valence-corrected chi connectivity index (χ2v) is 4.01. The number of hydrogen-bond acceptors (Lipinski definition) is 3. The molecule has 0 aromatic heterocycles. The third-order valence-corrected chi connectivity index (χ3v) is 2.62. The minimum Gasteiger partial charge on any atom is -0.324 e. The first-order valence-electron chi connectivity index (χ1n) is 5.80. The summed E-state index contributed by atoms with van der Waals surface area (Å²) < 4.78 is 13.3. The third kappa shape index (κ3) is 3.82. The van der Waals surface area contributed by atoms with Crippen LogP contribution < -0.4 is 10.6 Å². The standard InChI is InChI=1S/C13H16FN3O/c1-3-9(2)16-8-13(18)17-12-6-4-5-11(14)10(12)7-15/h4-6,9,16H,3,8H2,1-2H3,(H,17,18). The molecule has 0 aliphatic rings. The maximum atomic E-state index is 13.3. The number of nitriles is 1. The summed E-state index contributed by atoms with van der Waals surface area (Å²) in [5.74, 6) is -0.928. The first kappa shape index (κ1) is 14.1. The number of benzene rings is 1. The minimum atomic E-state index is -0.634. The average molecular weight is 249 g/mol. The molecule has 1 amide bonds. The zero-order chi connectivity index (χ0) is 13.5. The molecule has 0 radical (unpaired) electrons. The molecular formula is C13H16FN3O. The fraction of sp³-hybridized carbons (Fsp3) is 0.385. The van der Waals surface area contributed by atoms with Crippen LogP contribution in [0, 0.1) is 17.1 Å². The highest BCUT2D eigenvalue weighted by atomic mass is 19.1. The summed E-state index contributed by atoms with van der Waals surface area (Å²) in [5.41, 5.74) is 0.0582. The highest BCUT2D eigenvalue weighted by molar-refractivity contribution is 5.93. The maximum absolute atomic E-state index is 13.3. The van der Waals surface area contributed by atoms with Crippen LogP contribution in [0.15, 0.2) is 18.2 Å². The zero-order valence-electron chi connectivity index (χ0n) is 10.5. The molecule has 1 atom stereocenters. The van der Waals surface area contributed by atoms with Crippen LogP contribution >= 0.6 is 0 Å². The molecule has 0 saturated heterocycles. The molecule has 18 heavy (non-hydrogen) atoms. The smallest absolute Gasteiger partial charge is 0.238 e. The van der Waals surface area contributed by atoms with E-state index in [4.69, 9.17) is 5.26 Å². The molecule has 0 aliphatic heterocycles. The largest absolute Gasteiger partial charge is 0.324 e. The summed E-state index contributed by atoms with van der Waals surface area (Å²) in [6, 6.07) is 6.11. The van der Waals surface area contributed by atoms with Crippen molar-refractivity contribution in [3.05, 3.63) is 29.6 Å². The molecule has 0 spiro atoms. The van der Waals surface area contributed by atoms with Crippen molar-refractivity contribution in [2.45, 2.75) is 26.3 Å². The molecule has 0 bridgehead atoms. The molecule has 96 valence electrons. The van der Waals surface area contributed by atoms with Gasteiger partial charge in [-0.1, -0.05) is 13.0 Å². The predicted octanol–water partition coefficient (Wildman–Crippen LogP) is 2.02. The SMILES string of the molecule is CCC(C)NCC(=O)Nc1cccc(F)c1C#N. The highest BCUT2D eigenvalue weighted by Crippen LogP contribution is 2.17. The van der Waals surface area contributed by atoms with E-state index in [0.717, 1.165) is 6.42 Å². The number of rotatable bonds is 5. The van der Waals surface area contributed by atoms with Gasteiger partial charge in [0.05, 0.1) is 12.2 Å². The summed E-state index contributed by atoms with van der Waals surface area (Å²) >= 11 is 0. The van der Waals surface area contributed by atoms with Crippen molar-refractivity contribution < 1.29 is 9.18 Å². The van der Waals surface area contributed by atoms with Crippen LogP contribution in [0.5, 0.6) is 0 Å². The van der Waals surface area contributed by atoms with Crippen molar-refractivity contribution in [2.24, 2.45) is 0 Å². The van der Waals surface area contributed by atoms with Crippen molar-refractivity contribution in [3.8, 4) is 6.07 Å². The van der Waals surface area contributed by atoms with Gasteiger partial charge in [-0.25, -0.2) is 4.39 Å². The summed E-state index contributed by atoms with van der Waals surface area (Å²) in [6.07, 6.45) is 0.913. The number of carbonyl (C=O) groups excluding carboxylic acids is 1. The van der Waals surface area contributed by atoms with Gasteiger partial charge in [0, 0.05) is 6.04 Å². The third-order valence-electron chi connectivity index (χ3n) is 2.62. The van der Waals surface area contributed by atoms with E-state index in [0.29, 0.717) is 0 Å². The lowest BCUT2D eigenvalue weighted by Gasteiger charge is -2.12. The number of nitrogens with zero attached hydrogens (tertiary/aromatic N) is 1. The summed E-state index contributed by atoms with van der Waals surface area (Å²) in [5, 5.41) is 14.3. The highest BCUT2D eigenvalue weighted by Gasteiger charge is 2.10. The predicted molar refractivity (Wildman–Crippen MR) is 67.5 cm³/mol. The van der Waals surface area contributed by atoms with Gasteiger partial charge in [0.25, 0.3) is 0 Å². The number of carbonyl (C=O) groups is 1. The molecule has 1 unspecified atom stereocenters. The average Bonchev–Trinajstić information content (AvgIpc) is 2.36. The Labute approximate surface area is 106 Å². The van der Waals surface area contributed by atoms with Crippen LogP contribution in [-0.4, -0.2) is 18.5 Å². The normalized spacial score (nSPS) is 11.7. The molecule has 5 heteroatoms. The molecule has 0 aliphatic carbocycles. The first-order chi connectivity index (χ1) is 8.58. The van der Waals surface area contributed by atoms with Crippen molar-refractivity contribution >= 4 is 11.6 Å². The van der Waals surface area contributed by atoms with Crippen molar-refractivity contribution in [1.29, 1.82) is 5.26 Å². The van der Waals surface area contributed by atoms with Crippen LogP contribution in [0.1, 0.15) is 25.8 Å². The van der Waals surface area contributed by atoms with E-state index in [-0.39, 0.29) is 29.7 Å². The Morgan fingerprint density at radius 1 is 1.56 bits per heavy atom. The number of anilines is 1. The van der Waals surface area contributed by atoms with Crippen LogP contribution in [0.25, 0.3) is 0 Å². The molecule has 1 rings (SSSR count). The Hall–Kier alpha value is -1.93. The Bertz CT molecular complexity index is 468. The van der Waals surface area contributed by atoms with Gasteiger partial charge in [0.1, 0.15) is 17.4 Å². The molecule has 1 aromatic rings. The van der Waals surface area contributed by atoms with E-state index in [9.17, 15) is 9.18 Å². The van der Waals surface area contributed by atoms with Gasteiger partial charge < -0.3 is 10.6 Å². The second-order valence-electron chi connectivity index (χ2n) is 4.01. The Morgan fingerprint density at radius 2 is 2.28 bits per heavy atom. The zero-order valence-corrected chi connectivity index (χ0v) is 10.5. The summed E-state index contributed by atoms with van der Waals surface area (Å²) in [7, 11) is 0. The second kappa shape index (κ2) is 6.72. The van der Waals surface area contributed by atoms with Gasteiger partial charge in [-0.3, -0.25) is 4.79 Å². The number of hydrogen-bond donors (Lipinski definition) is 2. The number of halogens is 1. The maximum Gasteiger partial charge on any atom is 0.238 e. The van der Waals surface area contributed by atoms with Crippen LogP contribution in [-0.2, 0) is 4.79 Å². The van der Waals surface area contributed by atoms with E-state index in [1.807, 2.05) is 13.8 Å². The van der Waals surface area contributed by atoms with Crippen molar-refractivity contribution in [3.63, 3.8) is 0 Å². The Kier molecular flexibility index (Phi) is 5.28. The van der Waals surface area contributed by atoms with E-state index in [1.165, 1.54) is 18.2 Å². The Morgan fingerprint density at radius 3 is 2.89 bits per heavy atom. The van der Waals surface area contributed by atoms with Crippen molar-refractivity contribution in [2.75, 3.05) is 11.9 Å². The van der Waals surface area contributed by atoms with Crippen LogP contribution in [0.4, 0.5) is 10.1 Å². The topological polar surface area (TPSA) is 64.9 Å². The van der Waals surface area contributed by atoms with Gasteiger partial charge in [-0.2, -0.15) is 5.26 Å². The first-order valence-corrected chi connectivity index (χ1v) is 5.80. The fourth-order valence-electron chi connectivity index (χ4n) is 1.35. The molecule has 4 nitrogen and oxygen atoms in total. The van der Waals surface area contributed by atoms with Gasteiger partial charge in [0.15, 0.2) is 0 Å². The van der Waals surface area contributed by atoms with E-state index in [2.05, 4.69) is 10.6 Å². The lowest BCUT2D eigenvalue weighted by atomic mass is 10.2. The molecule has 0 fully saturated rings. The lowest BCUT2D eigenvalue weighted by Crippen LogP contribution is -2.34.